The summed E-state index contributed by atoms with van der Waals surface area (Å²) in [6.45, 7) is 3.99. The van der Waals surface area contributed by atoms with E-state index in [1.165, 1.54) is 11.8 Å². The number of carbonyl (C=O) groups is 2. The van der Waals surface area contributed by atoms with Crippen LogP contribution >= 0.6 is 23.4 Å². The van der Waals surface area contributed by atoms with Crippen molar-refractivity contribution in [1.29, 1.82) is 0 Å². The van der Waals surface area contributed by atoms with Gasteiger partial charge in [-0.3, -0.25) is 9.59 Å². The Labute approximate surface area is 163 Å². The predicted octanol–water partition coefficient (Wildman–Crippen LogP) is 5.35. The monoisotopic (exact) mass is 387 g/mol. The van der Waals surface area contributed by atoms with Gasteiger partial charge < -0.3 is 4.90 Å². The number of hydrogen-bond acceptors (Lipinski definition) is 3. The maximum Gasteiger partial charge on any atom is 0.227 e. The van der Waals surface area contributed by atoms with E-state index in [1.807, 2.05) is 56.3 Å². The number of halogens is 1. The summed E-state index contributed by atoms with van der Waals surface area (Å²) in [4.78, 5) is 27.7. The van der Waals surface area contributed by atoms with Crippen LogP contribution in [-0.2, 0) is 9.59 Å². The molecule has 0 N–H and O–H groups in total. The van der Waals surface area contributed by atoms with Gasteiger partial charge in [0.25, 0.3) is 0 Å². The van der Waals surface area contributed by atoms with Crippen molar-refractivity contribution < 1.29 is 9.59 Å². The SMILES string of the molecule is CCSC(=O)[C@H]1[C@H](C)CC(=O)N(c2ccc(Cl)cc2)[C@@H]1c1ccccc1. The molecular weight excluding hydrogens is 366 g/mol. The van der Waals surface area contributed by atoms with Gasteiger partial charge in [-0.2, -0.15) is 0 Å². The van der Waals surface area contributed by atoms with E-state index < -0.39 is 0 Å². The first kappa shape index (κ1) is 19.0. The molecule has 1 fully saturated rings. The second-order valence-electron chi connectivity index (χ2n) is 6.55. The van der Waals surface area contributed by atoms with Crippen molar-refractivity contribution in [3.8, 4) is 0 Å². The van der Waals surface area contributed by atoms with Gasteiger partial charge in [0.2, 0.25) is 5.91 Å². The molecule has 3 rings (SSSR count). The van der Waals surface area contributed by atoms with E-state index in [2.05, 4.69) is 0 Å². The van der Waals surface area contributed by atoms with Gasteiger partial charge in [0, 0.05) is 17.1 Å². The van der Waals surface area contributed by atoms with Gasteiger partial charge in [0.05, 0.1) is 12.0 Å². The lowest BCUT2D eigenvalue weighted by molar-refractivity contribution is -0.126. The average molecular weight is 388 g/mol. The van der Waals surface area contributed by atoms with Crippen molar-refractivity contribution in [2.24, 2.45) is 11.8 Å². The zero-order valence-electron chi connectivity index (χ0n) is 14.9. The van der Waals surface area contributed by atoms with Crippen molar-refractivity contribution >= 4 is 40.1 Å². The Bertz CT molecular complexity index is 778. The molecular formula is C21H22ClNO2S. The number of hydrogen-bond donors (Lipinski definition) is 0. The molecule has 0 spiro atoms. The third-order valence-corrected chi connectivity index (χ3v) is 5.90. The van der Waals surface area contributed by atoms with Crippen LogP contribution in [0.5, 0.6) is 0 Å². The number of amides is 1. The lowest BCUT2D eigenvalue weighted by Crippen LogP contribution is -2.48. The molecule has 0 radical (unpaired) electrons. The first-order chi connectivity index (χ1) is 12.5. The number of nitrogens with zero attached hydrogens (tertiary/aromatic N) is 1. The summed E-state index contributed by atoms with van der Waals surface area (Å²) in [6.07, 6.45) is 0.368. The largest absolute Gasteiger partial charge is 0.304 e. The quantitative estimate of drug-likeness (QED) is 0.709. The molecule has 1 saturated heterocycles. The maximum atomic E-state index is 13.0. The standard InChI is InChI=1S/C21H22ClNO2S/c1-3-26-21(25)19-14(2)13-18(24)23(17-11-9-16(22)10-12-17)20(19)15-7-5-4-6-8-15/h4-12,14,19-20H,3,13H2,1-2H3/t14-,19+,20-/m1/s1. The normalized spacial score (nSPS) is 23.1. The number of benzene rings is 2. The van der Waals surface area contributed by atoms with E-state index in [1.54, 1.807) is 17.0 Å². The fraction of sp³-hybridized carbons (Fsp3) is 0.333. The Hall–Kier alpha value is -1.78. The number of piperidine rings is 1. The Morgan fingerprint density at radius 1 is 1.15 bits per heavy atom. The van der Waals surface area contributed by atoms with Crippen molar-refractivity contribution in [2.75, 3.05) is 10.7 Å². The van der Waals surface area contributed by atoms with Crippen LogP contribution in [0.2, 0.25) is 5.02 Å². The van der Waals surface area contributed by atoms with Gasteiger partial charge in [-0.05, 0) is 41.5 Å². The molecule has 1 heterocycles. The minimum absolute atomic E-state index is 0.00260. The van der Waals surface area contributed by atoms with E-state index in [9.17, 15) is 9.59 Å². The molecule has 26 heavy (non-hydrogen) atoms. The van der Waals surface area contributed by atoms with Gasteiger partial charge in [-0.1, -0.05) is 67.5 Å². The molecule has 2 aromatic rings. The van der Waals surface area contributed by atoms with Gasteiger partial charge in [0.1, 0.15) is 0 Å². The van der Waals surface area contributed by atoms with Crippen LogP contribution in [0.1, 0.15) is 31.9 Å². The van der Waals surface area contributed by atoms with Crippen LogP contribution < -0.4 is 4.90 Å². The molecule has 0 aromatic heterocycles. The molecule has 2 aromatic carbocycles. The molecule has 3 atom stereocenters. The minimum Gasteiger partial charge on any atom is -0.304 e. The van der Waals surface area contributed by atoms with Crippen molar-refractivity contribution in [3.63, 3.8) is 0 Å². The third kappa shape index (κ3) is 3.81. The first-order valence-electron chi connectivity index (χ1n) is 8.82. The molecule has 136 valence electrons. The molecule has 1 amide bonds. The fourth-order valence-corrected chi connectivity index (χ4v) is 4.60. The Kier molecular flexibility index (Phi) is 6.05. The van der Waals surface area contributed by atoms with Crippen LogP contribution in [0.25, 0.3) is 0 Å². The molecule has 3 nitrogen and oxygen atoms in total. The zero-order valence-corrected chi connectivity index (χ0v) is 16.5. The van der Waals surface area contributed by atoms with Crippen molar-refractivity contribution in [1.82, 2.24) is 0 Å². The van der Waals surface area contributed by atoms with Crippen LogP contribution in [0.3, 0.4) is 0 Å². The predicted molar refractivity (Wildman–Crippen MR) is 109 cm³/mol. The lowest BCUT2D eigenvalue weighted by Gasteiger charge is -2.43. The molecule has 0 aliphatic carbocycles. The van der Waals surface area contributed by atoms with E-state index in [-0.39, 0.29) is 28.9 Å². The smallest absolute Gasteiger partial charge is 0.227 e. The summed E-state index contributed by atoms with van der Waals surface area (Å²) >= 11 is 7.37. The summed E-state index contributed by atoms with van der Waals surface area (Å²) in [5, 5.41) is 0.775. The molecule has 5 heteroatoms. The van der Waals surface area contributed by atoms with Crippen molar-refractivity contribution in [2.45, 2.75) is 26.3 Å². The Balaban J connectivity index is 2.11. The maximum absolute atomic E-state index is 13.0. The van der Waals surface area contributed by atoms with E-state index in [0.29, 0.717) is 11.4 Å². The lowest BCUT2D eigenvalue weighted by atomic mass is 9.77. The highest BCUT2D eigenvalue weighted by Gasteiger charge is 2.45. The number of carbonyl (C=O) groups excluding carboxylic acids is 2. The summed E-state index contributed by atoms with van der Waals surface area (Å²) in [5.41, 5.74) is 1.76. The molecule has 1 aliphatic rings. The molecule has 1 aliphatic heterocycles. The molecule has 0 unspecified atom stereocenters. The minimum atomic E-state index is -0.305. The van der Waals surface area contributed by atoms with Crippen LogP contribution in [0.4, 0.5) is 5.69 Å². The van der Waals surface area contributed by atoms with E-state index >= 15 is 0 Å². The Morgan fingerprint density at radius 2 is 1.81 bits per heavy atom. The average Bonchev–Trinajstić information content (AvgIpc) is 2.63. The highest BCUT2D eigenvalue weighted by molar-refractivity contribution is 8.13. The molecule has 0 saturated carbocycles. The third-order valence-electron chi connectivity index (χ3n) is 4.80. The topological polar surface area (TPSA) is 37.4 Å². The second kappa shape index (κ2) is 8.28. The summed E-state index contributed by atoms with van der Waals surface area (Å²) in [6, 6.07) is 16.8. The van der Waals surface area contributed by atoms with E-state index in [4.69, 9.17) is 11.6 Å². The van der Waals surface area contributed by atoms with Crippen molar-refractivity contribution in [3.05, 3.63) is 65.2 Å². The number of rotatable bonds is 4. The van der Waals surface area contributed by atoms with Crippen LogP contribution in [0, 0.1) is 11.8 Å². The fourth-order valence-electron chi connectivity index (χ4n) is 3.64. The van der Waals surface area contributed by atoms with Gasteiger partial charge in [0.15, 0.2) is 5.12 Å². The first-order valence-corrected chi connectivity index (χ1v) is 10.2. The summed E-state index contributed by atoms with van der Waals surface area (Å²) in [5.74, 6) is 0.538. The highest BCUT2D eigenvalue weighted by atomic mass is 35.5. The summed E-state index contributed by atoms with van der Waals surface area (Å²) < 4.78 is 0. The number of thioether (sulfide) groups is 1. The zero-order chi connectivity index (χ0) is 18.7. The van der Waals surface area contributed by atoms with E-state index in [0.717, 1.165) is 17.0 Å². The van der Waals surface area contributed by atoms with Gasteiger partial charge in [-0.15, -0.1) is 0 Å². The van der Waals surface area contributed by atoms with Gasteiger partial charge in [-0.25, -0.2) is 0 Å². The van der Waals surface area contributed by atoms with Gasteiger partial charge >= 0.3 is 0 Å². The van der Waals surface area contributed by atoms with Crippen LogP contribution in [0.15, 0.2) is 54.6 Å². The Morgan fingerprint density at radius 3 is 2.42 bits per heavy atom. The summed E-state index contributed by atoms with van der Waals surface area (Å²) in [7, 11) is 0. The molecule has 0 bridgehead atoms. The number of anilines is 1. The van der Waals surface area contributed by atoms with Crippen LogP contribution in [-0.4, -0.2) is 16.8 Å². The highest BCUT2D eigenvalue weighted by Crippen LogP contribution is 2.44. The second-order valence-corrected chi connectivity index (χ2v) is 8.26.